The fraction of sp³-hybridized carbons (Fsp3) is 1.00. The molecule has 1 heterocycles. The smallest absolute Gasteiger partial charge is 0.0309 e. The summed E-state index contributed by atoms with van der Waals surface area (Å²) in [5.41, 5.74) is 1.06. The van der Waals surface area contributed by atoms with Gasteiger partial charge >= 0.3 is 0 Å². The molecule has 17 heavy (non-hydrogen) atoms. The van der Waals surface area contributed by atoms with Gasteiger partial charge in [0.25, 0.3) is 0 Å². The van der Waals surface area contributed by atoms with Crippen molar-refractivity contribution in [3.05, 3.63) is 0 Å². The first-order chi connectivity index (χ1) is 8.03. The van der Waals surface area contributed by atoms with Gasteiger partial charge in [-0.2, -0.15) is 0 Å². The Morgan fingerprint density at radius 1 is 1.12 bits per heavy atom. The van der Waals surface area contributed by atoms with Crippen LogP contribution < -0.4 is 5.32 Å². The molecule has 0 amide bonds. The van der Waals surface area contributed by atoms with Crippen molar-refractivity contribution >= 4 is 0 Å². The quantitative estimate of drug-likeness (QED) is 0.753. The Morgan fingerprint density at radius 3 is 2.35 bits per heavy atom. The van der Waals surface area contributed by atoms with Crippen molar-refractivity contribution in [1.82, 2.24) is 10.2 Å². The minimum absolute atomic E-state index is 0.476. The van der Waals surface area contributed by atoms with Gasteiger partial charge in [0.2, 0.25) is 0 Å². The van der Waals surface area contributed by atoms with Gasteiger partial charge in [-0.05, 0) is 31.6 Å². The largest absolute Gasteiger partial charge is 0.308 e. The topological polar surface area (TPSA) is 15.3 Å². The van der Waals surface area contributed by atoms with Gasteiger partial charge in [0.05, 0.1) is 0 Å². The lowest BCUT2D eigenvalue weighted by Gasteiger charge is -2.49. The van der Waals surface area contributed by atoms with Crippen LogP contribution in [-0.2, 0) is 0 Å². The van der Waals surface area contributed by atoms with Crippen LogP contribution in [0.5, 0.6) is 0 Å². The van der Waals surface area contributed by atoms with Crippen LogP contribution in [0, 0.1) is 5.41 Å². The van der Waals surface area contributed by atoms with E-state index in [9.17, 15) is 0 Å². The average Bonchev–Trinajstić information content (AvgIpc) is 2.93. The fourth-order valence-electron chi connectivity index (χ4n) is 4.03. The van der Waals surface area contributed by atoms with E-state index in [4.69, 9.17) is 0 Å². The molecule has 3 aliphatic rings. The zero-order valence-corrected chi connectivity index (χ0v) is 11.8. The Morgan fingerprint density at radius 2 is 1.76 bits per heavy atom. The minimum Gasteiger partial charge on any atom is -0.308 e. The highest BCUT2D eigenvalue weighted by Crippen LogP contribution is 2.50. The van der Waals surface area contributed by atoms with Gasteiger partial charge in [-0.3, -0.25) is 4.90 Å². The molecule has 1 N–H and O–H groups in total. The van der Waals surface area contributed by atoms with Crippen LogP contribution >= 0.6 is 0 Å². The fourth-order valence-corrected chi connectivity index (χ4v) is 4.03. The SMILES string of the molecule is CC1CNC2(CCCCC2)CN1C1CC1(C)C. The van der Waals surface area contributed by atoms with E-state index >= 15 is 0 Å². The van der Waals surface area contributed by atoms with Gasteiger partial charge in [0.1, 0.15) is 0 Å². The van der Waals surface area contributed by atoms with Gasteiger partial charge in [-0.15, -0.1) is 0 Å². The molecule has 0 radical (unpaired) electrons. The van der Waals surface area contributed by atoms with Gasteiger partial charge in [0.15, 0.2) is 0 Å². The summed E-state index contributed by atoms with van der Waals surface area (Å²) in [4.78, 5) is 2.82. The summed E-state index contributed by atoms with van der Waals surface area (Å²) >= 11 is 0. The number of hydrogen-bond acceptors (Lipinski definition) is 2. The number of rotatable bonds is 1. The lowest BCUT2D eigenvalue weighted by Crippen LogP contribution is -2.64. The maximum absolute atomic E-state index is 3.88. The molecule has 0 aromatic heterocycles. The summed E-state index contributed by atoms with van der Waals surface area (Å²) in [6, 6.07) is 1.59. The zero-order chi connectivity index (χ0) is 12.1. The molecule has 1 saturated heterocycles. The molecule has 98 valence electrons. The first kappa shape index (κ1) is 12.0. The van der Waals surface area contributed by atoms with Crippen LogP contribution in [0.25, 0.3) is 0 Å². The summed E-state index contributed by atoms with van der Waals surface area (Å²) < 4.78 is 0. The molecule has 2 unspecified atom stereocenters. The highest BCUT2D eigenvalue weighted by Gasteiger charge is 2.53. The Kier molecular flexibility index (Phi) is 2.79. The van der Waals surface area contributed by atoms with E-state index in [0.29, 0.717) is 11.0 Å². The molecule has 3 rings (SSSR count). The molecule has 1 spiro atoms. The van der Waals surface area contributed by atoms with E-state index in [1.165, 1.54) is 51.6 Å². The third-order valence-corrected chi connectivity index (χ3v) is 5.50. The number of nitrogens with zero attached hydrogens (tertiary/aromatic N) is 1. The molecule has 0 aromatic rings. The third-order valence-electron chi connectivity index (χ3n) is 5.50. The standard InChI is InChI=1S/C15H28N2/c1-12-10-16-15(7-5-4-6-8-15)11-17(12)13-9-14(13,2)3/h12-13,16H,4-11H2,1-3H3. The number of nitrogens with one attached hydrogen (secondary N) is 1. The summed E-state index contributed by atoms with van der Waals surface area (Å²) in [6.07, 6.45) is 8.54. The van der Waals surface area contributed by atoms with Gasteiger partial charge in [0, 0.05) is 30.7 Å². The van der Waals surface area contributed by atoms with Gasteiger partial charge in [-0.1, -0.05) is 33.1 Å². The second kappa shape index (κ2) is 3.96. The molecule has 3 fully saturated rings. The van der Waals surface area contributed by atoms with E-state index < -0.39 is 0 Å². The number of hydrogen-bond donors (Lipinski definition) is 1. The predicted molar refractivity (Wildman–Crippen MR) is 72.2 cm³/mol. The van der Waals surface area contributed by atoms with Crippen LogP contribution in [0.2, 0.25) is 0 Å². The Bertz CT molecular complexity index is 291. The van der Waals surface area contributed by atoms with Crippen LogP contribution in [0.15, 0.2) is 0 Å². The summed E-state index contributed by atoms with van der Waals surface area (Å²) in [6.45, 7) is 9.77. The van der Waals surface area contributed by atoms with Crippen molar-refractivity contribution in [2.45, 2.75) is 76.9 Å². The first-order valence-corrected chi connectivity index (χ1v) is 7.53. The molecule has 0 bridgehead atoms. The lowest BCUT2D eigenvalue weighted by molar-refractivity contribution is 0.0488. The van der Waals surface area contributed by atoms with E-state index in [-0.39, 0.29) is 0 Å². The second-order valence-electron chi connectivity index (χ2n) is 7.45. The molecule has 2 saturated carbocycles. The highest BCUT2D eigenvalue weighted by atomic mass is 15.3. The van der Waals surface area contributed by atoms with E-state index in [2.05, 4.69) is 31.0 Å². The maximum atomic E-state index is 3.88. The van der Waals surface area contributed by atoms with Gasteiger partial charge in [-0.25, -0.2) is 0 Å². The summed E-state index contributed by atoms with van der Waals surface area (Å²) in [5, 5.41) is 3.88. The highest BCUT2D eigenvalue weighted by molar-refractivity contribution is 5.09. The molecular formula is C15H28N2. The summed E-state index contributed by atoms with van der Waals surface area (Å²) in [5.74, 6) is 0. The van der Waals surface area contributed by atoms with Crippen LogP contribution in [0.3, 0.4) is 0 Å². The Balaban J connectivity index is 1.71. The third kappa shape index (κ3) is 2.15. The van der Waals surface area contributed by atoms with Crippen molar-refractivity contribution in [3.63, 3.8) is 0 Å². The lowest BCUT2D eigenvalue weighted by atomic mass is 9.79. The molecule has 2 atom stereocenters. The van der Waals surface area contributed by atoms with Crippen molar-refractivity contribution in [2.24, 2.45) is 5.41 Å². The molecule has 0 aromatic carbocycles. The Hall–Kier alpha value is -0.0800. The molecule has 1 aliphatic heterocycles. The normalized spacial score (nSPS) is 40.4. The molecule has 2 aliphatic carbocycles. The minimum atomic E-state index is 0.476. The van der Waals surface area contributed by atoms with Crippen molar-refractivity contribution in [1.29, 1.82) is 0 Å². The number of piperazine rings is 1. The average molecular weight is 236 g/mol. The zero-order valence-electron chi connectivity index (χ0n) is 11.8. The Labute approximate surface area is 106 Å². The maximum Gasteiger partial charge on any atom is 0.0309 e. The molecular weight excluding hydrogens is 208 g/mol. The summed E-state index contributed by atoms with van der Waals surface area (Å²) in [7, 11) is 0. The van der Waals surface area contributed by atoms with E-state index in [1.807, 2.05) is 0 Å². The van der Waals surface area contributed by atoms with Crippen molar-refractivity contribution in [3.8, 4) is 0 Å². The molecule has 2 nitrogen and oxygen atoms in total. The second-order valence-corrected chi connectivity index (χ2v) is 7.45. The van der Waals surface area contributed by atoms with Crippen molar-refractivity contribution in [2.75, 3.05) is 13.1 Å². The van der Waals surface area contributed by atoms with E-state index in [0.717, 1.165) is 12.1 Å². The van der Waals surface area contributed by atoms with Crippen LogP contribution in [0.4, 0.5) is 0 Å². The monoisotopic (exact) mass is 236 g/mol. The molecule has 2 heteroatoms. The van der Waals surface area contributed by atoms with Crippen LogP contribution in [0.1, 0.15) is 59.3 Å². The van der Waals surface area contributed by atoms with Gasteiger partial charge < -0.3 is 5.32 Å². The predicted octanol–water partition coefficient (Wildman–Crippen LogP) is 2.78. The first-order valence-electron chi connectivity index (χ1n) is 7.53. The van der Waals surface area contributed by atoms with E-state index in [1.54, 1.807) is 0 Å². The van der Waals surface area contributed by atoms with Crippen molar-refractivity contribution < 1.29 is 0 Å². The van der Waals surface area contributed by atoms with Crippen LogP contribution in [-0.4, -0.2) is 35.6 Å².